The topological polar surface area (TPSA) is 24.1 Å². The molecule has 0 heterocycles. The van der Waals surface area contributed by atoms with Crippen molar-refractivity contribution in [3.05, 3.63) is 23.2 Å². The minimum Gasteiger partial charge on any atom is -0.390 e. The van der Waals surface area contributed by atoms with Crippen molar-refractivity contribution in [3.63, 3.8) is 0 Å². The smallest absolute Gasteiger partial charge is 0.0139 e. The van der Waals surface area contributed by atoms with E-state index in [0.29, 0.717) is 0 Å². The first-order valence-corrected chi connectivity index (χ1v) is 5.78. The van der Waals surface area contributed by atoms with E-state index in [1.807, 2.05) is 23.2 Å². The van der Waals surface area contributed by atoms with Crippen molar-refractivity contribution in [2.45, 2.75) is 26.7 Å². The molecule has 0 aliphatic carbocycles. The molecule has 76 valence electrons. The van der Waals surface area contributed by atoms with Crippen LogP contribution in [-0.2, 0) is 0 Å². The van der Waals surface area contributed by atoms with Gasteiger partial charge in [-0.25, -0.2) is 0 Å². The van der Waals surface area contributed by atoms with E-state index in [4.69, 9.17) is 0 Å². The molecule has 3 heteroatoms. The Kier molecular flexibility index (Phi) is 10.9. The summed E-state index contributed by atoms with van der Waals surface area (Å²) in [6.07, 6.45) is 6.31. The molecular formula is C10H20N2S. The van der Waals surface area contributed by atoms with E-state index in [0.717, 1.165) is 13.1 Å². The summed E-state index contributed by atoms with van der Waals surface area (Å²) in [5.41, 5.74) is 0. The van der Waals surface area contributed by atoms with Crippen molar-refractivity contribution in [2.75, 3.05) is 13.1 Å². The lowest BCUT2D eigenvalue weighted by Crippen LogP contribution is -2.04. The molecule has 0 aromatic heterocycles. The lowest BCUT2D eigenvalue weighted by Gasteiger charge is -1.94. The molecule has 0 bridgehead atoms. The molecule has 13 heavy (non-hydrogen) atoms. The van der Waals surface area contributed by atoms with Gasteiger partial charge in [0.2, 0.25) is 0 Å². The highest BCUT2D eigenvalue weighted by molar-refractivity contribution is 8.04. The molecule has 0 aliphatic heterocycles. The predicted octanol–water partition coefficient (Wildman–Crippen LogP) is 2.66. The quantitative estimate of drug-likeness (QED) is 0.589. The van der Waals surface area contributed by atoms with E-state index in [1.165, 1.54) is 12.8 Å². The molecule has 0 saturated carbocycles. The first-order valence-electron chi connectivity index (χ1n) is 4.84. The Labute approximate surface area is 85.9 Å². The predicted molar refractivity (Wildman–Crippen MR) is 62.5 cm³/mol. The molecular weight excluding hydrogens is 180 g/mol. The average molecular weight is 200 g/mol. The van der Waals surface area contributed by atoms with Crippen LogP contribution >= 0.6 is 11.8 Å². The van der Waals surface area contributed by atoms with Crippen LogP contribution in [0, 0.1) is 0 Å². The molecule has 0 aromatic rings. The number of nitrogens with one attached hydrogen (secondary N) is 2. The molecule has 2 N–H and O–H groups in total. The summed E-state index contributed by atoms with van der Waals surface area (Å²) in [6, 6.07) is 0. The second-order valence-corrected chi connectivity index (χ2v) is 3.47. The van der Waals surface area contributed by atoms with Gasteiger partial charge in [0.1, 0.15) is 0 Å². The van der Waals surface area contributed by atoms with Gasteiger partial charge in [-0.2, -0.15) is 0 Å². The number of hydrogen-bond acceptors (Lipinski definition) is 3. The second-order valence-electron chi connectivity index (χ2n) is 2.65. The van der Waals surface area contributed by atoms with Crippen LogP contribution in [0.5, 0.6) is 0 Å². The standard InChI is InChI=1S/C10H20N2S/c1-3-5-11-7-9-13-10-8-12-6-4-2/h7-12H,3-6H2,1-2H3. The van der Waals surface area contributed by atoms with E-state index < -0.39 is 0 Å². The van der Waals surface area contributed by atoms with Gasteiger partial charge in [-0.15, -0.1) is 11.8 Å². The zero-order valence-electron chi connectivity index (χ0n) is 8.55. The van der Waals surface area contributed by atoms with Gasteiger partial charge in [-0.05, 0) is 23.7 Å². The third kappa shape index (κ3) is 11.4. The lowest BCUT2D eigenvalue weighted by atomic mass is 10.5. The van der Waals surface area contributed by atoms with Crippen molar-refractivity contribution in [3.8, 4) is 0 Å². The van der Waals surface area contributed by atoms with Crippen LogP contribution in [0.15, 0.2) is 23.2 Å². The highest BCUT2D eigenvalue weighted by Gasteiger charge is 1.75. The van der Waals surface area contributed by atoms with Crippen molar-refractivity contribution < 1.29 is 0 Å². The van der Waals surface area contributed by atoms with Crippen molar-refractivity contribution in [1.29, 1.82) is 0 Å². The molecule has 0 aromatic carbocycles. The highest BCUT2D eigenvalue weighted by atomic mass is 32.2. The van der Waals surface area contributed by atoms with Crippen LogP contribution in [-0.4, -0.2) is 13.1 Å². The summed E-state index contributed by atoms with van der Waals surface area (Å²) < 4.78 is 0. The molecule has 0 spiro atoms. The maximum Gasteiger partial charge on any atom is 0.0139 e. The average Bonchev–Trinajstić information content (AvgIpc) is 2.16. The fourth-order valence-corrected chi connectivity index (χ4v) is 1.12. The Morgan fingerprint density at radius 2 is 1.38 bits per heavy atom. The summed E-state index contributed by atoms with van der Waals surface area (Å²) in [5.74, 6) is 0. The molecule has 0 amide bonds. The first-order chi connectivity index (χ1) is 6.41. The Balaban J connectivity index is 3.13. The van der Waals surface area contributed by atoms with Gasteiger partial charge in [-0.1, -0.05) is 13.8 Å². The SMILES string of the molecule is CCCNC=CSC=CNCCC. The van der Waals surface area contributed by atoms with Crippen LogP contribution in [0.3, 0.4) is 0 Å². The Bertz CT molecular complexity index is 128. The molecule has 0 aliphatic rings. The van der Waals surface area contributed by atoms with E-state index in [9.17, 15) is 0 Å². The molecule has 0 atom stereocenters. The molecule has 0 fully saturated rings. The van der Waals surface area contributed by atoms with E-state index >= 15 is 0 Å². The van der Waals surface area contributed by atoms with Gasteiger partial charge in [0.25, 0.3) is 0 Å². The van der Waals surface area contributed by atoms with Crippen LogP contribution in [0.25, 0.3) is 0 Å². The molecule has 0 unspecified atom stereocenters. The van der Waals surface area contributed by atoms with Gasteiger partial charge in [0.05, 0.1) is 0 Å². The third-order valence-corrected chi connectivity index (χ3v) is 1.90. The van der Waals surface area contributed by atoms with Crippen LogP contribution < -0.4 is 10.6 Å². The molecule has 0 radical (unpaired) electrons. The normalized spacial score (nSPS) is 11.2. The maximum absolute atomic E-state index is 3.18. The Morgan fingerprint density at radius 1 is 0.923 bits per heavy atom. The number of thioether (sulfide) groups is 1. The summed E-state index contributed by atoms with van der Waals surface area (Å²) in [5, 5.41) is 10.4. The van der Waals surface area contributed by atoms with Gasteiger partial charge >= 0.3 is 0 Å². The van der Waals surface area contributed by atoms with Crippen molar-refractivity contribution in [1.82, 2.24) is 10.6 Å². The summed E-state index contributed by atoms with van der Waals surface area (Å²) in [6.45, 7) is 6.41. The molecule has 2 nitrogen and oxygen atoms in total. The van der Waals surface area contributed by atoms with Crippen molar-refractivity contribution in [2.24, 2.45) is 0 Å². The Hall–Kier alpha value is -0.570. The Morgan fingerprint density at radius 3 is 1.77 bits per heavy atom. The zero-order valence-corrected chi connectivity index (χ0v) is 9.36. The maximum atomic E-state index is 3.18. The number of rotatable bonds is 8. The molecule has 0 saturated heterocycles. The van der Waals surface area contributed by atoms with Gasteiger partial charge < -0.3 is 10.6 Å². The van der Waals surface area contributed by atoms with Gasteiger partial charge in [0, 0.05) is 25.5 Å². The third-order valence-electron chi connectivity index (χ3n) is 1.32. The zero-order chi connectivity index (χ0) is 9.78. The minimum absolute atomic E-state index is 1.05. The van der Waals surface area contributed by atoms with E-state index in [1.54, 1.807) is 11.8 Å². The summed E-state index contributed by atoms with van der Waals surface area (Å²) in [4.78, 5) is 0. The fraction of sp³-hybridized carbons (Fsp3) is 0.600. The summed E-state index contributed by atoms with van der Waals surface area (Å²) in [7, 11) is 0. The monoisotopic (exact) mass is 200 g/mol. The van der Waals surface area contributed by atoms with E-state index in [-0.39, 0.29) is 0 Å². The van der Waals surface area contributed by atoms with Crippen molar-refractivity contribution >= 4 is 11.8 Å². The minimum atomic E-state index is 1.05. The van der Waals surface area contributed by atoms with Crippen LogP contribution in [0.4, 0.5) is 0 Å². The highest BCUT2D eigenvalue weighted by Crippen LogP contribution is 2.01. The summed E-state index contributed by atoms with van der Waals surface area (Å²) >= 11 is 1.67. The van der Waals surface area contributed by atoms with Crippen LogP contribution in [0.1, 0.15) is 26.7 Å². The lowest BCUT2D eigenvalue weighted by molar-refractivity contribution is 0.810. The van der Waals surface area contributed by atoms with Crippen LogP contribution in [0.2, 0.25) is 0 Å². The second kappa shape index (κ2) is 11.4. The number of hydrogen-bond donors (Lipinski definition) is 2. The first kappa shape index (κ1) is 12.4. The molecule has 0 rings (SSSR count). The van der Waals surface area contributed by atoms with Gasteiger partial charge in [0.15, 0.2) is 0 Å². The fourth-order valence-electron chi connectivity index (χ4n) is 0.675. The van der Waals surface area contributed by atoms with Gasteiger partial charge in [-0.3, -0.25) is 0 Å². The largest absolute Gasteiger partial charge is 0.390 e. The van der Waals surface area contributed by atoms with E-state index in [2.05, 4.69) is 24.5 Å².